The average Bonchev–Trinajstić information content (AvgIpc) is 3.19. The van der Waals surface area contributed by atoms with Gasteiger partial charge in [0.1, 0.15) is 5.82 Å². The molecule has 0 bridgehead atoms. The van der Waals surface area contributed by atoms with E-state index >= 15 is 0 Å². The Hall–Kier alpha value is -2.02. The number of aryl methyl sites for hydroxylation is 1. The van der Waals surface area contributed by atoms with E-state index < -0.39 is 10.0 Å². The van der Waals surface area contributed by atoms with E-state index in [2.05, 4.69) is 14.6 Å². The molecule has 6 nitrogen and oxygen atoms in total. The Balaban J connectivity index is 1.65. The molecule has 2 aliphatic rings. The molecule has 1 saturated heterocycles. The normalized spacial score (nSPS) is 17.8. The van der Waals surface area contributed by atoms with Gasteiger partial charge in [-0.25, -0.2) is 4.98 Å². The Morgan fingerprint density at radius 3 is 2.62 bits per heavy atom. The first-order valence-electron chi connectivity index (χ1n) is 8.56. The lowest BCUT2D eigenvalue weighted by Gasteiger charge is -2.30. The van der Waals surface area contributed by atoms with Crippen LogP contribution in [-0.4, -0.2) is 31.1 Å². The van der Waals surface area contributed by atoms with E-state index in [4.69, 9.17) is 0 Å². The Morgan fingerprint density at radius 2 is 1.79 bits per heavy atom. The number of rotatable bonds is 4. The molecule has 0 unspecified atom stereocenters. The number of fused-ring (bicyclic) bond motifs is 1. The summed E-state index contributed by atoms with van der Waals surface area (Å²) in [5.74, 6) is 0.861. The van der Waals surface area contributed by atoms with Crippen molar-refractivity contribution in [3.05, 3.63) is 36.3 Å². The molecule has 24 heavy (non-hydrogen) atoms. The van der Waals surface area contributed by atoms with Gasteiger partial charge in [-0.05, 0) is 37.8 Å². The maximum Gasteiger partial charge on any atom is 0.279 e. The van der Waals surface area contributed by atoms with Crippen molar-refractivity contribution in [1.82, 2.24) is 9.55 Å². The number of piperidine rings is 1. The number of sulfonamides is 1. The van der Waals surface area contributed by atoms with Gasteiger partial charge < -0.3 is 9.47 Å². The van der Waals surface area contributed by atoms with Gasteiger partial charge in [0.05, 0.1) is 17.6 Å². The number of hydrogen-bond acceptors (Lipinski definition) is 4. The lowest BCUT2D eigenvalue weighted by molar-refractivity contribution is 0.577. The van der Waals surface area contributed by atoms with Crippen LogP contribution in [0.5, 0.6) is 0 Å². The van der Waals surface area contributed by atoms with Gasteiger partial charge in [-0.1, -0.05) is 12.1 Å². The Labute approximate surface area is 142 Å². The minimum Gasteiger partial charge on any atom is -0.370 e. The molecule has 0 atom stereocenters. The summed E-state index contributed by atoms with van der Waals surface area (Å²) in [5.41, 5.74) is 1.61. The molecule has 128 valence electrons. The highest BCUT2D eigenvalue weighted by atomic mass is 32.2. The molecule has 0 amide bonds. The van der Waals surface area contributed by atoms with Crippen LogP contribution in [0.4, 0.5) is 11.4 Å². The number of anilines is 2. The van der Waals surface area contributed by atoms with Crippen LogP contribution in [0.2, 0.25) is 0 Å². The summed E-state index contributed by atoms with van der Waals surface area (Å²) in [4.78, 5) is 6.52. The highest BCUT2D eigenvalue weighted by Crippen LogP contribution is 2.30. The largest absolute Gasteiger partial charge is 0.370 e. The molecule has 2 aromatic rings. The smallest absolute Gasteiger partial charge is 0.279 e. The quantitative estimate of drug-likeness (QED) is 0.924. The van der Waals surface area contributed by atoms with Gasteiger partial charge in [0.25, 0.3) is 10.0 Å². The number of para-hydroxylation sites is 2. The van der Waals surface area contributed by atoms with E-state index in [0.717, 1.165) is 56.8 Å². The summed E-state index contributed by atoms with van der Waals surface area (Å²) in [6.45, 7) is 2.67. The maximum atomic E-state index is 12.9. The number of nitrogens with one attached hydrogen (secondary N) is 1. The predicted molar refractivity (Wildman–Crippen MR) is 93.9 cm³/mol. The van der Waals surface area contributed by atoms with Gasteiger partial charge in [0, 0.05) is 26.1 Å². The van der Waals surface area contributed by atoms with Crippen LogP contribution >= 0.6 is 0 Å². The van der Waals surface area contributed by atoms with Crippen LogP contribution in [0.3, 0.4) is 0 Å². The van der Waals surface area contributed by atoms with Crippen molar-refractivity contribution in [3.8, 4) is 0 Å². The molecule has 1 aromatic carbocycles. The summed E-state index contributed by atoms with van der Waals surface area (Å²) in [5, 5.41) is 0.267. The van der Waals surface area contributed by atoms with E-state index in [1.54, 1.807) is 0 Å². The van der Waals surface area contributed by atoms with Crippen LogP contribution in [0.25, 0.3) is 0 Å². The van der Waals surface area contributed by atoms with Crippen LogP contribution in [0, 0.1) is 0 Å². The third-order valence-electron chi connectivity index (χ3n) is 4.80. The van der Waals surface area contributed by atoms with E-state index in [9.17, 15) is 8.42 Å². The summed E-state index contributed by atoms with van der Waals surface area (Å²) in [7, 11) is -3.63. The molecular formula is C17H22N4O2S. The minimum atomic E-state index is -3.63. The molecule has 4 rings (SSSR count). The van der Waals surface area contributed by atoms with Gasteiger partial charge in [-0.2, -0.15) is 8.42 Å². The molecule has 0 spiro atoms. The zero-order valence-corrected chi connectivity index (χ0v) is 14.4. The fourth-order valence-electron chi connectivity index (χ4n) is 3.61. The van der Waals surface area contributed by atoms with Crippen molar-refractivity contribution < 1.29 is 8.42 Å². The second kappa shape index (κ2) is 6.12. The Kier molecular flexibility index (Phi) is 3.96. The van der Waals surface area contributed by atoms with Gasteiger partial charge in [-0.15, -0.1) is 0 Å². The summed E-state index contributed by atoms with van der Waals surface area (Å²) in [6, 6.07) is 7.65. The van der Waals surface area contributed by atoms with Crippen molar-refractivity contribution in [2.24, 2.45) is 0 Å². The number of benzene rings is 1. The molecule has 2 aliphatic heterocycles. The van der Waals surface area contributed by atoms with Crippen LogP contribution in [0.1, 0.15) is 31.5 Å². The molecule has 1 fully saturated rings. The van der Waals surface area contributed by atoms with Crippen molar-refractivity contribution >= 4 is 21.4 Å². The topological polar surface area (TPSA) is 67.2 Å². The van der Waals surface area contributed by atoms with E-state index in [-0.39, 0.29) is 5.03 Å². The first kappa shape index (κ1) is 15.5. The summed E-state index contributed by atoms with van der Waals surface area (Å²) < 4.78 is 30.3. The molecule has 1 aromatic heterocycles. The monoisotopic (exact) mass is 346 g/mol. The standard InChI is InChI=1S/C17H22N4O2S/c22-24(23,17-13-18-16-9-6-12-21(16)17)19-14-7-2-3-8-15(14)20-10-4-1-5-11-20/h2-3,7-8,13,19H,1,4-6,9-12H2. The van der Waals surface area contributed by atoms with Crippen LogP contribution < -0.4 is 9.62 Å². The Morgan fingerprint density at radius 1 is 1.00 bits per heavy atom. The number of hydrogen-bond donors (Lipinski definition) is 1. The number of aromatic nitrogens is 2. The van der Waals surface area contributed by atoms with Crippen molar-refractivity contribution in [1.29, 1.82) is 0 Å². The highest BCUT2D eigenvalue weighted by molar-refractivity contribution is 7.92. The average molecular weight is 346 g/mol. The third-order valence-corrected chi connectivity index (χ3v) is 6.17. The first-order chi connectivity index (χ1) is 11.6. The third kappa shape index (κ3) is 2.77. The van der Waals surface area contributed by atoms with Crippen LogP contribution in [-0.2, 0) is 23.0 Å². The van der Waals surface area contributed by atoms with E-state index in [1.165, 1.54) is 12.6 Å². The minimum absolute atomic E-state index is 0.267. The van der Waals surface area contributed by atoms with Gasteiger partial charge in [0.2, 0.25) is 0 Å². The van der Waals surface area contributed by atoms with E-state index in [0.29, 0.717) is 5.69 Å². The molecule has 0 radical (unpaired) electrons. The lowest BCUT2D eigenvalue weighted by Crippen LogP contribution is -2.30. The van der Waals surface area contributed by atoms with Gasteiger partial charge in [0.15, 0.2) is 5.03 Å². The zero-order chi connectivity index (χ0) is 16.6. The van der Waals surface area contributed by atoms with Crippen molar-refractivity contribution in [3.63, 3.8) is 0 Å². The molecule has 7 heteroatoms. The molecule has 1 N–H and O–H groups in total. The number of nitrogens with zero attached hydrogens (tertiary/aromatic N) is 3. The van der Waals surface area contributed by atoms with Crippen LogP contribution in [0.15, 0.2) is 35.5 Å². The van der Waals surface area contributed by atoms with Gasteiger partial charge >= 0.3 is 0 Å². The predicted octanol–water partition coefficient (Wildman–Crippen LogP) is 2.62. The fraction of sp³-hybridized carbons (Fsp3) is 0.471. The van der Waals surface area contributed by atoms with Crippen molar-refractivity contribution in [2.45, 2.75) is 43.7 Å². The zero-order valence-electron chi connectivity index (χ0n) is 13.6. The Bertz CT molecular complexity index is 838. The number of imidazole rings is 1. The summed E-state index contributed by atoms with van der Waals surface area (Å²) in [6.07, 6.45) is 6.82. The molecule has 0 aliphatic carbocycles. The van der Waals surface area contributed by atoms with E-state index in [1.807, 2.05) is 28.8 Å². The molecule has 0 saturated carbocycles. The summed E-state index contributed by atoms with van der Waals surface area (Å²) >= 11 is 0. The second-order valence-corrected chi connectivity index (χ2v) is 8.07. The first-order valence-corrected chi connectivity index (χ1v) is 10.0. The lowest BCUT2D eigenvalue weighted by atomic mass is 10.1. The second-order valence-electron chi connectivity index (χ2n) is 6.44. The highest BCUT2D eigenvalue weighted by Gasteiger charge is 2.26. The van der Waals surface area contributed by atoms with Crippen molar-refractivity contribution in [2.75, 3.05) is 22.7 Å². The fourth-order valence-corrected chi connectivity index (χ4v) is 4.86. The molecule has 3 heterocycles. The molecular weight excluding hydrogens is 324 g/mol. The van der Waals surface area contributed by atoms with Gasteiger partial charge in [-0.3, -0.25) is 4.72 Å². The SMILES string of the molecule is O=S(=O)(Nc1ccccc1N1CCCCC1)c1cnc2n1CCC2. The maximum absolute atomic E-state index is 12.9.